The number of hydrogen-bond acceptors (Lipinski definition) is 4. The molecule has 1 aliphatic heterocycles. The number of phenols is 1. The van der Waals surface area contributed by atoms with E-state index in [1.807, 2.05) is 18.2 Å². The summed E-state index contributed by atoms with van der Waals surface area (Å²) in [5.74, 6) is -1.50. The highest BCUT2D eigenvalue weighted by molar-refractivity contribution is 6.43. The fraction of sp³-hybridized carbons (Fsp3) is 0.348. The van der Waals surface area contributed by atoms with E-state index in [2.05, 4.69) is 17.4 Å². The molecule has 6 heteroatoms. The maximum atomic E-state index is 12.7. The molecule has 0 aromatic heterocycles. The summed E-state index contributed by atoms with van der Waals surface area (Å²) in [6, 6.07) is 15.0. The summed E-state index contributed by atoms with van der Waals surface area (Å²) in [6.45, 7) is 0.920. The Labute approximate surface area is 170 Å². The predicted molar refractivity (Wildman–Crippen MR) is 110 cm³/mol. The molecule has 1 aliphatic rings. The average molecular weight is 394 g/mol. The lowest BCUT2D eigenvalue weighted by molar-refractivity contribution is -0.138. The summed E-state index contributed by atoms with van der Waals surface area (Å²) in [6.07, 6.45) is 3.85. The van der Waals surface area contributed by atoms with Gasteiger partial charge < -0.3 is 15.3 Å². The normalized spacial score (nSPS) is 16.3. The van der Waals surface area contributed by atoms with Gasteiger partial charge in [-0.3, -0.25) is 14.4 Å². The fourth-order valence-electron chi connectivity index (χ4n) is 3.58. The van der Waals surface area contributed by atoms with Gasteiger partial charge in [0.2, 0.25) is 11.7 Å². The van der Waals surface area contributed by atoms with Crippen molar-refractivity contribution in [3.63, 3.8) is 0 Å². The number of carbonyl (C=O) groups is 3. The molecule has 1 unspecified atom stereocenters. The Bertz CT molecular complexity index is 849. The minimum Gasteiger partial charge on any atom is -0.508 e. The third-order valence-corrected chi connectivity index (χ3v) is 5.17. The molecule has 0 saturated carbocycles. The molecule has 2 N–H and O–H groups in total. The number of nitrogens with one attached hydrogen (secondary N) is 1. The van der Waals surface area contributed by atoms with Crippen LogP contribution >= 0.6 is 0 Å². The van der Waals surface area contributed by atoms with Gasteiger partial charge in [-0.05, 0) is 61.9 Å². The molecule has 1 heterocycles. The number of benzene rings is 2. The van der Waals surface area contributed by atoms with E-state index >= 15 is 0 Å². The Morgan fingerprint density at radius 2 is 1.72 bits per heavy atom. The van der Waals surface area contributed by atoms with Crippen LogP contribution in [0.15, 0.2) is 54.6 Å². The predicted octanol–water partition coefficient (Wildman–Crippen LogP) is 2.71. The van der Waals surface area contributed by atoms with Gasteiger partial charge in [0.05, 0.1) is 0 Å². The quantitative estimate of drug-likeness (QED) is 0.429. The van der Waals surface area contributed by atoms with Crippen LogP contribution in [-0.2, 0) is 16.0 Å². The fourth-order valence-corrected chi connectivity index (χ4v) is 3.58. The lowest BCUT2D eigenvalue weighted by Gasteiger charge is -2.34. The van der Waals surface area contributed by atoms with Crippen LogP contribution in [0.3, 0.4) is 0 Å². The summed E-state index contributed by atoms with van der Waals surface area (Å²) >= 11 is 0. The zero-order chi connectivity index (χ0) is 20.6. The van der Waals surface area contributed by atoms with Gasteiger partial charge in [0.1, 0.15) is 11.8 Å². The molecule has 1 fully saturated rings. The largest absolute Gasteiger partial charge is 0.508 e. The highest BCUT2D eigenvalue weighted by atomic mass is 16.3. The van der Waals surface area contributed by atoms with Crippen LogP contribution in [0, 0.1) is 0 Å². The second kappa shape index (κ2) is 9.87. The van der Waals surface area contributed by atoms with E-state index in [-0.39, 0.29) is 17.2 Å². The SMILES string of the molecule is O=C(C(=O)N1CCCCC1C(=O)NCCCc1ccccc1)c1ccc(O)cc1. The summed E-state index contributed by atoms with van der Waals surface area (Å²) in [7, 11) is 0. The summed E-state index contributed by atoms with van der Waals surface area (Å²) in [4.78, 5) is 39.4. The van der Waals surface area contributed by atoms with Gasteiger partial charge >= 0.3 is 0 Å². The maximum Gasteiger partial charge on any atom is 0.295 e. The van der Waals surface area contributed by atoms with Gasteiger partial charge in [0, 0.05) is 18.7 Å². The van der Waals surface area contributed by atoms with E-state index in [1.54, 1.807) is 0 Å². The number of Topliss-reactive ketones (excluding diaryl/α,β-unsaturated/α-hetero) is 1. The molecule has 0 aliphatic carbocycles. The molecular weight excluding hydrogens is 368 g/mol. The van der Waals surface area contributed by atoms with Gasteiger partial charge in [-0.1, -0.05) is 30.3 Å². The number of ketones is 1. The van der Waals surface area contributed by atoms with Crippen molar-refractivity contribution >= 4 is 17.6 Å². The minimum absolute atomic E-state index is 0.0275. The molecule has 2 amide bonds. The first-order valence-corrected chi connectivity index (χ1v) is 10.0. The van der Waals surface area contributed by atoms with Crippen molar-refractivity contribution < 1.29 is 19.5 Å². The molecule has 1 saturated heterocycles. The molecule has 0 radical (unpaired) electrons. The lowest BCUT2D eigenvalue weighted by atomic mass is 9.99. The topological polar surface area (TPSA) is 86.7 Å². The highest BCUT2D eigenvalue weighted by Crippen LogP contribution is 2.19. The first kappa shape index (κ1) is 20.6. The second-order valence-electron chi connectivity index (χ2n) is 7.27. The van der Waals surface area contributed by atoms with Crippen LogP contribution in [0.1, 0.15) is 41.6 Å². The first-order chi connectivity index (χ1) is 14.1. The van der Waals surface area contributed by atoms with Gasteiger partial charge in [0.15, 0.2) is 0 Å². The minimum atomic E-state index is -0.667. The summed E-state index contributed by atoms with van der Waals surface area (Å²) in [5, 5.41) is 12.3. The number of carbonyl (C=O) groups excluding carboxylic acids is 3. The molecular formula is C23H26N2O4. The molecule has 6 nitrogen and oxygen atoms in total. The van der Waals surface area contributed by atoms with Crippen molar-refractivity contribution in [2.45, 2.75) is 38.1 Å². The van der Waals surface area contributed by atoms with Crippen LogP contribution < -0.4 is 5.32 Å². The monoisotopic (exact) mass is 394 g/mol. The van der Waals surface area contributed by atoms with E-state index in [4.69, 9.17) is 0 Å². The van der Waals surface area contributed by atoms with Crippen molar-refractivity contribution in [2.24, 2.45) is 0 Å². The number of hydrogen-bond donors (Lipinski definition) is 2. The van der Waals surface area contributed by atoms with Crippen molar-refractivity contribution in [2.75, 3.05) is 13.1 Å². The number of piperidine rings is 1. The maximum absolute atomic E-state index is 12.7. The number of likely N-dealkylation sites (tertiary alicyclic amines) is 1. The highest BCUT2D eigenvalue weighted by Gasteiger charge is 2.35. The van der Waals surface area contributed by atoms with Crippen LogP contribution in [0.2, 0.25) is 0 Å². The Balaban J connectivity index is 1.56. The zero-order valence-corrected chi connectivity index (χ0v) is 16.3. The molecule has 1 atom stereocenters. The lowest BCUT2D eigenvalue weighted by Crippen LogP contribution is -2.53. The number of phenolic OH excluding ortho intramolecular Hbond substituents is 1. The summed E-state index contributed by atoms with van der Waals surface area (Å²) < 4.78 is 0. The molecule has 29 heavy (non-hydrogen) atoms. The Morgan fingerprint density at radius 3 is 2.45 bits per heavy atom. The van der Waals surface area contributed by atoms with Crippen LogP contribution in [-0.4, -0.2) is 46.7 Å². The number of aromatic hydroxyl groups is 1. The number of nitrogens with zero attached hydrogens (tertiary/aromatic N) is 1. The van der Waals surface area contributed by atoms with Crippen LogP contribution in [0.4, 0.5) is 0 Å². The van der Waals surface area contributed by atoms with Crippen molar-refractivity contribution in [3.8, 4) is 5.75 Å². The molecule has 0 bridgehead atoms. The van der Waals surface area contributed by atoms with Gasteiger partial charge in [0.25, 0.3) is 5.91 Å². The third-order valence-electron chi connectivity index (χ3n) is 5.17. The zero-order valence-electron chi connectivity index (χ0n) is 16.3. The first-order valence-electron chi connectivity index (χ1n) is 10.0. The summed E-state index contributed by atoms with van der Waals surface area (Å²) in [5.41, 5.74) is 1.43. The molecule has 2 aromatic carbocycles. The van der Waals surface area contributed by atoms with E-state index in [9.17, 15) is 19.5 Å². The van der Waals surface area contributed by atoms with E-state index in [1.165, 1.54) is 34.7 Å². The van der Waals surface area contributed by atoms with Gasteiger partial charge in [-0.25, -0.2) is 0 Å². The number of aryl methyl sites for hydroxylation is 1. The van der Waals surface area contributed by atoms with Gasteiger partial charge in [-0.2, -0.15) is 0 Å². The Hall–Kier alpha value is -3.15. The average Bonchev–Trinajstić information content (AvgIpc) is 2.77. The third kappa shape index (κ3) is 5.44. The van der Waals surface area contributed by atoms with Crippen molar-refractivity contribution in [3.05, 3.63) is 65.7 Å². The van der Waals surface area contributed by atoms with E-state index in [0.717, 1.165) is 25.7 Å². The van der Waals surface area contributed by atoms with Crippen molar-refractivity contribution in [1.82, 2.24) is 10.2 Å². The molecule has 3 rings (SSSR count). The van der Waals surface area contributed by atoms with Gasteiger partial charge in [-0.15, -0.1) is 0 Å². The Morgan fingerprint density at radius 1 is 1.00 bits per heavy atom. The number of amides is 2. The molecule has 0 spiro atoms. The number of rotatable bonds is 7. The second-order valence-corrected chi connectivity index (χ2v) is 7.27. The standard InChI is InChI=1S/C23H26N2O4/c26-19-13-11-18(12-14-19)21(27)23(29)25-16-5-4-10-20(25)22(28)24-15-6-9-17-7-2-1-3-8-17/h1-3,7-8,11-14,20,26H,4-6,9-10,15-16H2,(H,24,28). The van der Waals surface area contributed by atoms with Crippen LogP contribution in [0.5, 0.6) is 5.75 Å². The molecule has 152 valence electrons. The van der Waals surface area contributed by atoms with E-state index in [0.29, 0.717) is 19.5 Å². The van der Waals surface area contributed by atoms with Crippen LogP contribution in [0.25, 0.3) is 0 Å². The van der Waals surface area contributed by atoms with Crippen molar-refractivity contribution in [1.29, 1.82) is 0 Å². The Kier molecular flexibility index (Phi) is 7.00. The molecule has 2 aromatic rings. The van der Waals surface area contributed by atoms with E-state index < -0.39 is 17.7 Å². The smallest absolute Gasteiger partial charge is 0.295 e.